The molecule has 0 radical (unpaired) electrons. The molecule has 2 N–H and O–H groups in total. The number of benzene rings is 1. The Balaban J connectivity index is 0.989. The highest BCUT2D eigenvalue weighted by Gasteiger charge is 2.54. The fourth-order valence-corrected chi connectivity index (χ4v) is 6.60. The predicted octanol–water partition coefficient (Wildman–Crippen LogP) is 3.87. The van der Waals surface area contributed by atoms with Crippen molar-refractivity contribution in [3.8, 4) is 0 Å². The number of carbonyl (C=O) groups is 1. The molecule has 0 unspecified atom stereocenters. The van der Waals surface area contributed by atoms with Crippen molar-refractivity contribution in [3.05, 3.63) is 70.5 Å². The van der Waals surface area contributed by atoms with Gasteiger partial charge in [-0.2, -0.15) is 5.10 Å². The summed E-state index contributed by atoms with van der Waals surface area (Å²) in [5.74, 6) is -2.55. The van der Waals surface area contributed by atoms with E-state index >= 15 is 0 Å². The van der Waals surface area contributed by atoms with E-state index < -0.39 is 5.92 Å². The third-order valence-electron chi connectivity index (χ3n) is 8.43. The zero-order valence-electron chi connectivity index (χ0n) is 20.1. The van der Waals surface area contributed by atoms with E-state index in [2.05, 4.69) is 20.5 Å². The number of carbonyl (C=O) groups excluding carboxylic acids is 1. The van der Waals surface area contributed by atoms with Gasteiger partial charge in [0.2, 0.25) is 0 Å². The number of alkyl halides is 2. The molecule has 2 saturated carbocycles. The molecule has 4 heterocycles. The van der Waals surface area contributed by atoms with Gasteiger partial charge in [0.15, 0.2) is 0 Å². The number of rotatable bonds is 4. The third kappa shape index (κ3) is 3.69. The highest BCUT2D eigenvalue weighted by atomic mass is 19.3. The summed E-state index contributed by atoms with van der Waals surface area (Å²) in [4.78, 5) is 31.1. The number of nitrogens with one attached hydrogen (secondary N) is 2. The van der Waals surface area contributed by atoms with Crippen LogP contribution in [0.2, 0.25) is 0 Å². The molecule has 1 amide bonds. The van der Waals surface area contributed by atoms with Crippen LogP contribution in [0.3, 0.4) is 0 Å². The average Bonchev–Trinajstić information content (AvgIpc) is 3.43. The second-order valence-electron chi connectivity index (χ2n) is 11.0. The van der Waals surface area contributed by atoms with Crippen LogP contribution >= 0.6 is 0 Å². The van der Waals surface area contributed by atoms with Gasteiger partial charge in [-0.15, -0.1) is 0 Å². The number of imidazole rings is 1. The number of H-pyrrole nitrogens is 1. The second kappa shape index (κ2) is 7.84. The van der Waals surface area contributed by atoms with E-state index in [1.165, 1.54) is 6.20 Å². The van der Waals surface area contributed by atoms with Crippen LogP contribution in [-0.2, 0) is 0 Å². The molecule has 0 bridgehead atoms. The van der Waals surface area contributed by atoms with Crippen molar-refractivity contribution in [1.82, 2.24) is 24.9 Å². The van der Waals surface area contributed by atoms with E-state index in [0.29, 0.717) is 34.9 Å². The number of amides is 1. The Morgan fingerprint density at radius 1 is 1.11 bits per heavy atom. The first kappa shape index (κ1) is 22.4. The van der Waals surface area contributed by atoms with Crippen LogP contribution in [0.5, 0.6) is 0 Å². The smallest absolute Gasteiger partial charge is 0.272 e. The molecule has 1 spiro atoms. The summed E-state index contributed by atoms with van der Waals surface area (Å²) in [5.41, 5.74) is 2.69. The van der Waals surface area contributed by atoms with Crippen molar-refractivity contribution in [3.63, 3.8) is 0 Å². The molecule has 1 aliphatic heterocycles. The first-order chi connectivity index (χ1) is 17.8. The fourth-order valence-electron chi connectivity index (χ4n) is 6.60. The molecule has 37 heavy (non-hydrogen) atoms. The van der Waals surface area contributed by atoms with E-state index in [1.54, 1.807) is 27.6 Å². The molecule has 3 fully saturated rings. The van der Waals surface area contributed by atoms with E-state index in [1.807, 2.05) is 24.3 Å². The minimum absolute atomic E-state index is 0.102. The summed E-state index contributed by atoms with van der Waals surface area (Å²) < 4.78 is 28.9. The average molecular weight is 505 g/mol. The van der Waals surface area contributed by atoms with Crippen molar-refractivity contribution in [2.75, 3.05) is 18.0 Å². The van der Waals surface area contributed by atoms with E-state index in [4.69, 9.17) is 0 Å². The number of hydrogen-bond acceptors (Lipinski definition) is 5. The topological polar surface area (TPSA) is 95.4 Å². The van der Waals surface area contributed by atoms with Crippen LogP contribution in [0.4, 0.5) is 14.5 Å². The number of nitrogens with zero attached hydrogens (tertiary/aromatic N) is 4. The third-order valence-corrected chi connectivity index (χ3v) is 8.43. The summed E-state index contributed by atoms with van der Waals surface area (Å²) in [6, 6.07) is 11.2. The maximum absolute atomic E-state index is 13.6. The van der Waals surface area contributed by atoms with Crippen molar-refractivity contribution in [1.29, 1.82) is 0 Å². The number of pyridine rings is 1. The van der Waals surface area contributed by atoms with Gasteiger partial charge >= 0.3 is 0 Å². The van der Waals surface area contributed by atoms with Crippen LogP contribution in [0.1, 0.15) is 54.2 Å². The van der Waals surface area contributed by atoms with Crippen molar-refractivity contribution in [2.45, 2.75) is 50.0 Å². The Bertz CT molecular complexity index is 1600. The molecule has 1 saturated heterocycles. The molecule has 190 valence electrons. The fraction of sp³-hybridized carbons (Fsp3) is 0.407. The largest absolute Gasteiger partial charge is 0.365 e. The van der Waals surface area contributed by atoms with Gasteiger partial charge in [0.1, 0.15) is 11.3 Å². The number of aromatic amines is 1. The maximum Gasteiger partial charge on any atom is 0.272 e. The minimum Gasteiger partial charge on any atom is -0.365 e. The summed E-state index contributed by atoms with van der Waals surface area (Å²) in [6.45, 7) is 0.00597. The predicted molar refractivity (Wildman–Crippen MR) is 134 cm³/mol. The van der Waals surface area contributed by atoms with Gasteiger partial charge in [0.05, 0.1) is 23.8 Å². The Labute approximate surface area is 210 Å². The van der Waals surface area contributed by atoms with E-state index in [0.717, 1.165) is 36.8 Å². The molecule has 0 atom stereocenters. The van der Waals surface area contributed by atoms with Gasteiger partial charge in [0.25, 0.3) is 17.4 Å². The van der Waals surface area contributed by atoms with Gasteiger partial charge in [-0.1, -0.05) is 18.2 Å². The molecular formula is C27H26F2N6O2. The molecule has 8 nitrogen and oxygen atoms in total. The maximum atomic E-state index is 13.6. The Morgan fingerprint density at radius 3 is 2.65 bits per heavy atom. The first-order valence-corrected chi connectivity index (χ1v) is 12.7. The van der Waals surface area contributed by atoms with Gasteiger partial charge in [-0.25, -0.2) is 18.9 Å². The lowest BCUT2D eigenvalue weighted by Gasteiger charge is -2.57. The van der Waals surface area contributed by atoms with Gasteiger partial charge in [0, 0.05) is 48.3 Å². The highest BCUT2D eigenvalue weighted by molar-refractivity contribution is 5.93. The van der Waals surface area contributed by atoms with Gasteiger partial charge in [-0.3, -0.25) is 14.0 Å². The summed E-state index contributed by atoms with van der Waals surface area (Å²) in [5, 5.41) is 11.7. The monoisotopic (exact) mass is 504 g/mol. The summed E-state index contributed by atoms with van der Waals surface area (Å²) in [6.07, 6.45) is 6.94. The Morgan fingerprint density at radius 2 is 1.89 bits per heavy atom. The zero-order chi connectivity index (χ0) is 25.4. The summed E-state index contributed by atoms with van der Waals surface area (Å²) >= 11 is 0. The molecule has 1 aromatic carbocycles. The molecule has 2 aliphatic carbocycles. The quantitative estimate of drug-likeness (QED) is 0.440. The summed E-state index contributed by atoms with van der Waals surface area (Å²) in [7, 11) is 0. The van der Waals surface area contributed by atoms with Crippen LogP contribution in [0, 0.1) is 5.41 Å². The SMILES string of the molecule is O=C(N[C@H]1CC2(C1)C[C@H](c1n[nH]c(=O)c3ccccc31)C2)c1cnc2cc(N3CCC(F)(F)C3)ccn12. The molecule has 4 aromatic rings. The standard InChI is InChI=1S/C27H26F2N6O2/c28-27(29)6-8-34(15-27)18-5-7-35-21(14-30-22(35)9-18)25(37)31-17-12-26(13-17)10-16(11-26)23-19-3-1-2-4-20(19)24(36)33-32-23/h1-5,7,9,14,16-17H,6,8,10-13,15H2,(H,31,37)(H,33,36)/t16-,17-,26?. The number of fused-ring (bicyclic) bond motifs is 2. The minimum atomic E-state index is -2.67. The van der Waals surface area contributed by atoms with Crippen LogP contribution in [-0.4, -0.2) is 50.5 Å². The molecule has 10 heteroatoms. The Kier molecular flexibility index (Phi) is 4.74. The number of hydrogen-bond donors (Lipinski definition) is 2. The lowest BCUT2D eigenvalue weighted by atomic mass is 9.49. The van der Waals surface area contributed by atoms with Crippen molar-refractivity contribution < 1.29 is 13.6 Å². The number of anilines is 1. The van der Waals surface area contributed by atoms with E-state index in [9.17, 15) is 18.4 Å². The number of halogens is 2. The first-order valence-electron chi connectivity index (χ1n) is 12.7. The van der Waals surface area contributed by atoms with Crippen LogP contribution in [0.25, 0.3) is 16.4 Å². The van der Waals surface area contributed by atoms with Crippen molar-refractivity contribution >= 4 is 28.0 Å². The zero-order valence-corrected chi connectivity index (χ0v) is 20.1. The van der Waals surface area contributed by atoms with E-state index in [-0.39, 0.29) is 35.9 Å². The lowest BCUT2D eigenvalue weighted by Crippen LogP contribution is -2.55. The highest BCUT2D eigenvalue weighted by Crippen LogP contribution is 2.62. The molecular weight excluding hydrogens is 478 g/mol. The second-order valence-corrected chi connectivity index (χ2v) is 11.0. The van der Waals surface area contributed by atoms with Crippen LogP contribution in [0.15, 0.2) is 53.6 Å². The van der Waals surface area contributed by atoms with Crippen molar-refractivity contribution in [2.24, 2.45) is 5.41 Å². The number of aromatic nitrogens is 4. The molecule has 7 rings (SSSR count). The van der Waals surface area contributed by atoms with Crippen LogP contribution < -0.4 is 15.8 Å². The van der Waals surface area contributed by atoms with Gasteiger partial charge < -0.3 is 10.2 Å². The van der Waals surface area contributed by atoms with Gasteiger partial charge in [-0.05, 0) is 43.2 Å². The Hall–Kier alpha value is -3.82. The molecule has 3 aromatic heterocycles. The normalized spacial score (nSPS) is 26.4. The lowest BCUT2D eigenvalue weighted by molar-refractivity contribution is -0.0197. The molecule has 3 aliphatic rings.